The highest BCUT2D eigenvalue weighted by molar-refractivity contribution is 6.31. The predicted octanol–water partition coefficient (Wildman–Crippen LogP) is 3.54. The number of amides is 2. The minimum absolute atomic E-state index is 0.0879. The van der Waals surface area contributed by atoms with Crippen molar-refractivity contribution in [2.24, 2.45) is 0 Å². The second kappa shape index (κ2) is 4.61. The van der Waals surface area contributed by atoms with Crippen LogP contribution in [0.4, 0.5) is 15.8 Å². The molecule has 0 radical (unpaired) electrons. The Morgan fingerprint density at radius 3 is 2.72 bits per heavy atom. The number of carbonyl (C=O) groups is 2. The van der Waals surface area contributed by atoms with Crippen LogP contribution >= 0.6 is 11.6 Å². The summed E-state index contributed by atoms with van der Waals surface area (Å²) in [6, 6.07) is 7.73. The number of hydrogen-bond acceptors (Lipinski definition) is 2. The molecule has 1 atom stereocenters. The number of benzene rings is 2. The van der Waals surface area contributed by atoms with Gasteiger partial charge in [-0.15, -0.1) is 0 Å². The maximum Gasteiger partial charge on any atom is 0.240 e. The van der Waals surface area contributed by atoms with Gasteiger partial charge in [0.15, 0.2) is 0 Å². The molecule has 1 spiro atoms. The second-order valence-electron chi connectivity index (χ2n) is 6.35. The fourth-order valence-electron chi connectivity index (χ4n) is 3.97. The smallest absolute Gasteiger partial charge is 0.240 e. The van der Waals surface area contributed by atoms with Crippen molar-refractivity contribution in [1.29, 1.82) is 0 Å². The summed E-state index contributed by atoms with van der Waals surface area (Å²) in [5.74, 6) is -1.12. The lowest BCUT2D eigenvalue weighted by Crippen LogP contribution is -2.38. The molecule has 2 aliphatic rings. The number of halogens is 2. The third-order valence-electron chi connectivity index (χ3n) is 4.98. The number of fused-ring (bicyclic) bond motifs is 3. The zero-order valence-electron chi connectivity index (χ0n) is 12.7. The van der Waals surface area contributed by atoms with Crippen LogP contribution < -0.4 is 10.6 Å². The quantitative estimate of drug-likeness (QED) is 0.577. The molecule has 0 bridgehead atoms. The molecule has 5 rings (SSSR count). The molecular formula is C18H11ClFN3O2. The van der Waals surface area contributed by atoms with Gasteiger partial charge in [0.25, 0.3) is 0 Å². The van der Waals surface area contributed by atoms with Crippen molar-refractivity contribution >= 4 is 45.7 Å². The van der Waals surface area contributed by atoms with E-state index in [1.165, 1.54) is 12.1 Å². The molecule has 0 saturated carbocycles. The van der Waals surface area contributed by atoms with Gasteiger partial charge < -0.3 is 15.6 Å². The molecule has 2 aliphatic heterocycles. The topological polar surface area (TPSA) is 74.0 Å². The van der Waals surface area contributed by atoms with E-state index in [4.69, 9.17) is 11.6 Å². The van der Waals surface area contributed by atoms with E-state index in [0.29, 0.717) is 38.4 Å². The van der Waals surface area contributed by atoms with Gasteiger partial charge in [-0.05, 0) is 35.9 Å². The van der Waals surface area contributed by atoms with Crippen LogP contribution in [0, 0.1) is 5.82 Å². The van der Waals surface area contributed by atoms with E-state index < -0.39 is 11.2 Å². The summed E-state index contributed by atoms with van der Waals surface area (Å²) in [6.45, 7) is 0. The number of rotatable bonds is 0. The summed E-state index contributed by atoms with van der Waals surface area (Å²) in [5.41, 5.74) is 1.59. The minimum atomic E-state index is -1.20. The van der Waals surface area contributed by atoms with Gasteiger partial charge in [0.1, 0.15) is 11.2 Å². The van der Waals surface area contributed by atoms with Crippen molar-refractivity contribution in [3.05, 3.63) is 58.5 Å². The first-order valence-corrected chi connectivity index (χ1v) is 8.09. The lowest BCUT2D eigenvalue weighted by Gasteiger charge is -2.25. The molecule has 0 saturated heterocycles. The van der Waals surface area contributed by atoms with E-state index in [0.717, 1.165) is 0 Å². The Morgan fingerprint density at radius 1 is 1.04 bits per heavy atom. The summed E-state index contributed by atoms with van der Waals surface area (Å²) in [5, 5.41) is 6.67. The molecule has 124 valence electrons. The normalized spacial score (nSPS) is 21.2. The predicted molar refractivity (Wildman–Crippen MR) is 92.4 cm³/mol. The Bertz CT molecular complexity index is 1110. The van der Waals surface area contributed by atoms with E-state index in [9.17, 15) is 14.0 Å². The Morgan fingerprint density at radius 2 is 1.88 bits per heavy atom. The van der Waals surface area contributed by atoms with E-state index >= 15 is 0 Å². The Labute approximate surface area is 146 Å². The van der Waals surface area contributed by atoms with Crippen LogP contribution in [-0.4, -0.2) is 16.8 Å². The molecule has 5 nitrogen and oxygen atoms in total. The van der Waals surface area contributed by atoms with Gasteiger partial charge in [0.05, 0.1) is 11.2 Å². The van der Waals surface area contributed by atoms with Gasteiger partial charge in [0.2, 0.25) is 11.8 Å². The number of aromatic amines is 1. The molecule has 3 N–H and O–H groups in total. The van der Waals surface area contributed by atoms with Crippen LogP contribution in [0.25, 0.3) is 10.9 Å². The molecule has 0 aliphatic carbocycles. The number of nitrogens with one attached hydrogen (secondary N) is 3. The van der Waals surface area contributed by atoms with Gasteiger partial charge in [-0.2, -0.15) is 0 Å². The third kappa shape index (κ3) is 1.77. The van der Waals surface area contributed by atoms with Crippen LogP contribution in [0.1, 0.15) is 17.5 Å². The van der Waals surface area contributed by atoms with Crippen LogP contribution in [0.15, 0.2) is 36.5 Å². The standard InChI is InChI=1S/C18H11ClFN3O2/c19-8-1-2-12-10(3-8)18(17(25)23-12)6-15(24)22-14-5-9(20)4-13-16(14)11(18)7-21-13/h1-5,7,21H,6H2,(H,22,24)(H,23,25). The Hall–Kier alpha value is -2.86. The van der Waals surface area contributed by atoms with E-state index in [1.54, 1.807) is 24.4 Å². The van der Waals surface area contributed by atoms with Gasteiger partial charge in [0, 0.05) is 34.3 Å². The fourth-order valence-corrected chi connectivity index (χ4v) is 4.14. The van der Waals surface area contributed by atoms with Crippen LogP contribution in [0.2, 0.25) is 5.02 Å². The largest absolute Gasteiger partial charge is 0.361 e. The first-order chi connectivity index (χ1) is 12.0. The second-order valence-corrected chi connectivity index (χ2v) is 6.79. The van der Waals surface area contributed by atoms with E-state index in [2.05, 4.69) is 15.6 Å². The molecule has 3 aromatic rings. The average Bonchev–Trinajstić information content (AvgIpc) is 3.04. The monoisotopic (exact) mass is 355 g/mol. The average molecular weight is 356 g/mol. The van der Waals surface area contributed by atoms with E-state index in [1.807, 2.05) is 0 Å². The number of aromatic nitrogens is 1. The van der Waals surface area contributed by atoms with Crippen LogP contribution in [0.5, 0.6) is 0 Å². The Kier molecular flexibility index (Phi) is 2.67. The summed E-state index contributed by atoms with van der Waals surface area (Å²) < 4.78 is 13.8. The molecule has 3 heterocycles. The Balaban J connectivity index is 1.92. The first kappa shape index (κ1) is 14.5. The summed E-state index contributed by atoms with van der Waals surface area (Å²) >= 11 is 6.15. The molecular weight excluding hydrogens is 345 g/mol. The minimum Gasteiger partial charge on any atom is -0.361 e. The van der Waals surface area contributed by atoms with Gasteiger partial charge in [-0.25, -0.2) is 4.39 Å². The van der Waals surface area contributed by atoms with Gasteiger partial charge in [-0.3, -0.25) is 9.59 Å². The lowest BCUT2D eigenvalue weighted by atomic mass is 9.73. The van der Waals surface area contributed by atoms with Crippen molar-refractivity contribution in [3.63, 3.8) is 0 Å². The molecule has 7 heteroatoms. The molecule has 2 aromatic carbocycles. The number of anilines is 2. The summed E-state index contributed by atoms with van der Waals surface area (Å²) in [6.07, 6.45) is 1.58. The number of H-pyrrole nitrogens is 1. The van der Waals surface area contributed by atoms with Crippen molar-refractivity contribution < 1.29 is 14.0 Å². The highest BCUT2D eigenvalue weighted by Gasteiger charge is 2.52. The zero-order chi connectivity index (χ0) is 17.3. The number of carbonyl (C=O) groups excluding carboxylic acids is 2. The number of hydrogen-bond donors (Lipinski definition) is 3. The SMILES string of the molecule is O=C1CC2(C(=O)Nc3ccc(Cl)cc32)c2c[nH]c3cc(F)cc(c23)N1. The van der Waals surface area contributed by atoms with E-state index in [-0.39, 0.29) is 18.2 Å². The lowest BCUT2D eigenvalue weighted by molar-refractivity contribution is -0.124. The van der Waals surface area contributed by atoms with Crippen molar-refractivity contribution in [2.75, 3.05) is 10.6 Å². The molecule has 1 unspecified atom stereocenters. The van der Waals surface area contributed by atoms with Crippen LogP contribution in [0.3, 0.4) is 0 Å². The maximum atomic E-state index is 13.8. The molecule has 1 aromatic heterocycles. The summed E-state index contributed by atoms with van der Waals surface area (Å²) in [7, 11) is 0. The highest BCUT2D eigenvalue weighted by Crippen LogP contribution is 2.50. The van der Waals surface area contributed by atoms with Crippen molar-refractivity contribution in [3.8, 4) is 0 Å². The van der Waals surface area contributed by atoms with Crippen molar-refractivity contribution in [1.82, 2.24) is 4.98 Å². The fraction of sp³-hybridized carbons (Fsp3) is 0.111. The molecule has 2 amide bonds. The third-order valence-corrected chi connectivity index (χ3v) is 5.22. The first-order valence-electron chi connectivity index (χ1n) is 7.71. The van der Waals surface area contributed by atoms with Gasteiger partial charge >= 0.3 is 0 Å². The highest BCUT2D eigenvalue weighted by atomic mass is 35.5. The summed E-state index contributed by atoms with van der Waals surface area (Å²) in [4.78, 5) is 28.6. The zero-order valence-corrected chi connectivity index (χ0v) is 13.5. The maximum absolute atomic E-state index is 13.8. The molecule has 25 heavy (non-hydrogen) atoms. The van der Waals surface area contributed by atoms with Crippen molar-refractivity contribution in [2.45, 2.75) is 11.8 Å². The molecule has 0 fully saturated rings. The van der Waals surface area contributed by atoms with Gasteiger partial charge in [-0.1, -0.05) is 11.6 Å². The van der Waals surface area contributed by atoms with Crippen LogP contribution in [-0.2, 0) is 15.0 Å².